The normalized spacial score (nSPS) is 13.1. The zero-order valence-electron chi connectivity index (χ0n) is 32.1. The SMILES string of the molecule is COC(=O)CCc1cc(C(=O)c2ccc(OC3CCCC3)cc2O)ccc1OCc1ccc2c(=O)n(C(c3ccccc3)(c3ccccc3)c3ccccc3)oc2c1. The van der Waals surface area contributed by atoms with Gasteiger partial charge in [0.05, 0.1) is 24.2 Å². The maximum Gasteiger partial charge on any atom is 0.305 e. The van der Waals surface area contributed by atoms with Gasteiger partial charge in [0.2, 0.25) is 0 Å². The molecule has 58 heavy (non-hydrogen) atoms. The van der Waals surface area contributed by atoms with Crippen LogP contribution in [0.4, 0.5) is 0 Å². The molecule has 0 spiro atoms. The van der Waals surface area contributed by atoms with Gasteiger partial charge < -0.3 is 23.8 Å². The third-order valence-electron chi connectivity index (χ3n) is 10.9. The Hall–Kier alpha value is -6.87. The Morgan fingerprint density at radius 1 is 0.776 bits per heavy atom. The molecule has 1 aliphatic rings. The monoisotopic (exact) mass is 773 g/mol. The molecule has 1 aliphatic carbocycles. The summed E-state index contributed by atoms with van der Waals surface area (Å²) in [5.41, 5.74) is 3.40. The fraction of sp³-hybridized carbons (Fsp3) is 0.204. The van der Waals surface area contributed by atoms with Crippen molar-refractivity contribution in [3.05, 3.63) is 195 Å². The lowest BCUT2D eigenvalue weighted by Gasteiger charge is -2.34. The maximum absolute atomic E-state index is 14.4. The van der Waals surface area contributed by atoms with Gasteiger partial charge in [-0.15, -0.1) is 0 Å². The Kier molecular flexibility index (Phi) is 10.9. The van der Waals surface area contributed by atoms with Crippen LogP contribution < -0.4 is 15.0 Å². The molecule has 1 fully saturated rings. The second-order valence-corrected chi connectivity index (χ2v) is 14.5. The van der Waals surface area contributed by atoms with Crippen LogP contribution in [0.3, 0.4) is 0 Å². The molecule has 0 bridgehead atoms. The quantitative estimate of drug-likeness (QED) is 0.0661. The summed E-state index contributed by atoms with van der Waals surface area (Å²) in [5, 5.41) is 11.3. The van der Waals surface area contributed by atoms with E-state index < -0.39 is 11.5 Å². The number of ketones is 1. The summed E-state index contributed by atoms with van der Waals surface area (Å²) in [4.78, 5) is 40.3. The molecule has 0 atom stereocenters. The molecule has 0 saturated heterocycles. The molecule has 1 saturated carbocycles. The predicted octanol–water partition coefficient (Wildman–Crippen LogP) is 9.38. The van der Waals surface area contributed by atoms with Gasteiger partial charge in [0.15, 0.2) is 16.9 Å². The second kappa shape index (κ2) is 16.7. The number of carbonyl (C=O) groups is 2. The van der Waals surface area contributed by atoms with E-state index in [9.17, 15) is 19.5 Å². The summed E-state index contributed by atoms with van der Waals surface area (Å²) < 4.78 is 25.3. The largest absolute Gasteiger partial charge is 0.507 e. The van der Waals surface area contributed by atoms with Crippen molar-refractivity contribution in [2.45, 2.75) is 56.8 Å². The molecule has 0 radical (unpaired) electrons. The van der Waals surface area contributed by atoms with Crippen LogP contribution in [0.5, 0.6) is 17.2 Å². The van der Waals surface area contributed by atoms with Gasteiger partial charge in [-0.1, -0.05) is 97.1 Å². The van der Waals surface area contributed by atoms with E-state index in [2.05, 4.69) is 0 Å². The average Bonchev–Trinajstić information content (AvgIpc) is 3.90. The van der Waals surface area contributed by atoms with E-state index in [4.69, 9.17) is 18.7 Å². The minimum Gasteiger partial charge on any atom is -0.507 e. The zero-order valence-corrected chi connectivity index (χ0v) is 32.1. The third kappa shape index (κ3) is 7.51. The molecule has 6 aromatic carbocycles. The molecule has 292 valence electrons. The van der Waals surface area contributed by atoms with Gasteiger partial charge >= 0.3 is 5.97 Å². The lowest BCUT2D eigenvalue weighted by atomic mass is 9.77. The summed E-state index contributed by atoms with van der Waals surface area (Å²) in [6.45, 7) is 0.105. The molecular weight excluding hydrogens is 731 g/mol. The number of phenols is 1. The number of esters is 1. The van der Waals surface area contributed by atoms with Gasteiger partial charge in [-0.25, -0.2) is 0 Å². The number of fused-ring (bicyclic) bond motifs is 1. The van der Waals surface area contributed by atoms with Crippen molar-refractivity contribution in [1.29, 1.82) is 0 Å². The first-order chi connectivity index (χ1) is 28.3. The van der Waals surface area contributed by atoms with Crippen LogP contribution in [-0.4, -0.2) is 34.8 Å². The Morgan fingerprint density at radius 3 is 2.02 bits per heavy atom. The number of aromatic hydroxyl groups is 1. The topological polar surface area (TPSA) is 117 Å². The van der Waals surface area contributed by atoms with Crippen molar-refractivity contribution < 1.29 is 33.4 Å². The minimum atomic E-state index is -1.12. The fourth-order valence-corrected chi connectivity index (χ4v) is 7.96. The van der Waals surface area contributed by atoms with Crippen molar-refractivity contribution in [3.8, 4) is 17.2 Å². The number of phenolic OH excluding ortho intramolecular Hbond substituents is 1. The van der Waals surface area contributed by atoms with Crippen LogP contribution in [0.1, 0.15) is 75.8 Å². The van der Waals surface area contributed by atoms with Crippen LogP contribution in [0.2, 0.25) is 0 Å². The maximum atomic E-state index is 14.4. The first kappa shape index (κ1) is 38.0. The van der Waals surface area contributed by atoms with Crippen molar-refractivity contribution in [3.63, 3.8) is 0 Å². The number of rotatable bonds is 14. The average molecular weight is 774 g/mol. The highest BCUT2D eigenvalue weighted by molar-refractivity contribution is 6.11. The molecule has 0 aliphatic heterocycles. The van der Waals surface area contributed by atoms with Crippen LogP contribution in [0.15, 0.2) is 155 Å². The Labute approximate surface area is 336 Å². The van der Waals surface area contributed by atoms with Crippen LogP contribution in [-0.2, 0) is 28.1 Å². The lowest BCUT2D eigenvalue weighted by Crippen LogP contribution is -2.42. The van der Waals surface area contributed by atoms with Crippen LogP contribution in [0.25, 0.3) is 11.0 Å². The highest BCUT2D eigenvalue weighted by Gasteiger charge is 2.42. The number of aromatic nitrogens is 1. The molecule has 0 amide bonds. The molecule has 0 unspecified atom stereocenters. The number of hydrogen-bond donors (Lipinski definition) is 1. The third-order valence-corrected chi connectivity index (χ3v) is 10.9. The highest BCUT2D eigenvalue weighted by atomic mass is 16.5. The van der Waals surface area contributed by atoms with Crippen molar-refractivity contribution in [2.75, 3.05) is 7.11 Å². The molecule has 9 nitrogen and oxygen atoms in total. The standard InChI is InChI=1S/C49H43NO8/c1-55-46(52)28-23-34-30-35(47(53)41-26-24-40(31-43(41)51)57-39-19-11-12-20-39)22-27-44(34)56-32-33-21-25-42-45(29-33)58-50(48(42)54)49(36-13-5-2-6-14-36,37-15-7-3-8-16-37)38-17-9-4-10-18-38/h2-10,13-18,21-22,24-27,29-31,39,51H,11-12,19-20,23,28,32H2,1H3. The van der Waals surface area contributed by atoms with Crippen molar-refractivity contribution >= 4 is 22.7 Å². The summed E-state index contributed by atoms with van der Waals surface area (Å²) in [7, 11) is 1.33. The number of carbonyl (C=O) groups excluding carboxylic acids is 2. The number of nitrogens with zero attached hydrogens (tertiary/aromatic N) is 1. The van der Waals surface area contributed by atoms with Gasteiger partial charge in [-0.05, 0) is 102 Å². The van der Waals surface area contributed by atoms with E-state index in [1.54, 1.807) is 42.5 Å². The first-order valence-electron chi connectivity index (χ1n) is 19.5. The molecule has 1 N–H and O–H groups in total. The molecule has 1 aromatic heterocycles. The van der Waals surface area contributed by atoms with E-state index in [0.717, 1.165) is 47.9 Å². The van der Waals surface area contributed by atoms with Gasteiger partial charge in [0.25, 0.3) is 5.56 Å². The highest BCUT2D eigenvalue weighted by Crippen LogP contribution is 2.41. The molecule has 7 aromatic rings. The molecule has 9 heteroatoms. The number of methoxy groups -OCH3 is 1. The number of benzene rings is 6. The first-order valence-corrected chi connectivity index (χ1v) is 19.5. The predicted molar refractivity (Wildman–Crippen MR) is 221 cm³/mol. The van der Waals surface area contributed by atoms with Crippen LogP contribution in [0, 0.1) is 0 Å². The van der Waals surface area contributed by atoms with E-state index in [1.807, 2.05) is 97.1 Å². The Bertz CT molecular complexity index is 2510. The van der Waals surface area contributed by atoms with Crippen molar-refractivity contribution in [2.24, 2.45) is 0 Å². The minimum absolute atomic E-state index is 0.0690. The van der Waals surface area contributed by atoms with Gasteiger partial charge in [-0.3, -0.25) is 14.4 Å². The van der Waals surface area contributed by atoms with E-state index >= 15 is 0 Å². The lowest BCUT2D eigenvalue weighted by molar-refractivity contribution is -0.140. The molecule has 1 heterocycles. The van der Waals surface area contributed by atoms with Crippen LogP contribution >= 0.6 is 0 Å². The van der Waals surface area contributed by atoms with Crippen molar-refractivity contribution in [1.82, 2.24) is 4.74 Å². The van der Waals surface area contributed by atoms with E-state index in [-0.39, 0.29) is 48.2 Å². The summed E-state index contributed by atoms with van der Waals surface area (Å²) >= 11 is 0. The van der Waals surface area contributed by atoms with E-state index in [0.29, 0.717) is 33.6 Å². The summed E-state index contributed by atoms with van der Waals surface area (Å²) in [6, 6.07) is 44.7. The Balaban J connectivity index is 1.10. The molecule has 8 rings (SSSR count). The molecular formula is C49H43NO8. The number of hydrogen-bond acceptors (Lipinski definition) is 8. The summed E-state index contributed by atoms with van der Waals surface area (Å²) in [6.07, 6.45) is 4.62. The fourth-order valence-electron chi connectivity index (χ4n) is 7.96. The van der Waals surface area contributed by atoms with Gasteiger partial charge in [-0.2, -0.15) is 4.74 Å². The Morgan fingerprint density at radius 2 is 1.41 bits per heavy atom. The summed E-state index contributed by atoms with van der Waals surface area (Å²) in [5.74, 6) is 0.0567. The van der Waals surface area contributed by atoms with Gasteiger partial charge in [0.1, 0.15) is 23.9 Å². The smallest absolute Gasteiger partial charge is 0.305 e. The van der Waals surface area contributed by atoms with E-state index in [1.165, 1.54) is 17.9 Å². The zero-order chi connectivity index (χ0) is 40.1. The number of aryl methyl sites for hydroxylation is 1. The number of ether oxygens (including phenoxy) is 3. The second-order valence-electron chi connectivity index (χ2n) is 14.5. The van der Waals surface area contributed by atoms with Gasteiger partial charge in [0, 0.05) is 18.1 Å².